The Kier molecular flexibility index (Phi) is 3.74. The Balaban J connectivity index is 1.93. The summed E-state index contributed by atoms with van der Waals surface area (Å²) < 4.78 is 0. The van der Waals surface area contributed by atoms with E-state index in [0.29, 0.717) is 38.6 Å². The van der Waals surface area contributed by atoms with Crippen LogP contribution in [0.4, 0.5) is 22.7 Å². The Labute approximate surface area is 156 Å². The molecule has 0 unspecified atom stereocenters. The van der Waals surface area contributed by atoms with E-state index in [1.807, 2.05) is 36.4 Å². The summed E-state index contributed by atoms with van der Waals surface area (Å²) in [5.74, 6) is -0.0824. The van der Waals surface area contributed by atoms with Crippen molar-refractivity contribution < 1.29 is 4.79 Å². The van der Waals surface area contributed by atoms with Crippen LogP contribution < -0.4 is 16.8 Å². The number of benzene rings is 3. The van der Waals surface area contributed by atoms with Gasteiger partial charge in [-0.25, -0.2) is 0 Å². The molecular formula is C21H17N3OS. The van der Waals surface area contributed by atoms with Gasteiger partial charge in [-0.05, 0) is 41.5 Å². The fourth-order valence-corrected chi connectivity index (χ4v) is 3.51. The summed E-state index contributed by atoms with van der Waals surface area (Å²) in [6.07, 6.45) is 0. The van der Waals surface area contributed by atoms with Gasteiger partial charge in [-0.2, -0.15) is 0 Å². The number of anilines is 4. The predicted molar refractivity (Wildman–Crippen MR) is 110 cm³/mol. The van der Waals surface area contributed by atoms with Crippen LogP contribution in [0.3, 0.4) is 0 Å². The lowest BCUT2D eigenvalue weighted by Crippen LogP contribution is -2.18. The van der Waals surface area contributed by atoms with Crippen LogP contribution in [0, 0.1) is 0 Å². The van der Waals surface area contributed by atoms with Crippen LogP contribution in [-0.4, -0.2) is 5.78 Å². The second-order valence-corrected chi connectivity index (χ2v) is 6.69. The van der Waals surface area contributed by atoms with Gasteiger partial charge in [-0.15, -0.1) is 12.6 Å². The van der Waals surface area contributed by atoms with Crippen LogP contribution >= 0.6 is 12.6 Å². The van der Waals surface area contributed by atoms with Gasteiger partial charge in [-0.3, -0.25) is 4.79 Å². The van der Waals surface area contributed by atoms with E-state index < -0.39 is 0 Å². The number of hydrogen-bond acceptors (Lipinski definition) is 5. The standard InChI is InChI=1S/C21H17N3OS/c1-11-14-4-2-3-5-15(14)21(25)19-16(10-17(26)20(23)18(11)19)24-13-8-6-12(22)7-9-13/h2-10,24,26H,1,22-23H2. The van der Waals surface area contributed by atoms with E-state index in [-0.39, 0.29) is 5.78 Å². The maximum atomic E-state index is 13.2. The summed E-state index contributed by atoms with van der Waals surface area (Å²) in [5.41, 5.74) is 17.9. The van der Waals surface area contributed by atoms with Gasteiger partial charge in [0.15, 0.2) is 5.78 Å². The monoisotopic (exact) mass is 359 g/mol. The first kappa shape index (κ1) is 16.3. The van der Waals surface area contributed by atoms with Gasteiger partial charge in [0.05, 0.1) is 16.9 Å². The molecule has 0 saturated heterocycles. The lowest BCUT2D eigenvalue weighted by molar-refractivity contribution is 0.103. The highest BCUT2D eigenvalue weighted by molar-refractivity contribution is 7.80. The smallest absolute Gasteiger partial charge is 0.196 e. The first-order valence-corrected chi connectivity index (χ1v) is 8.53. The highest BCUT2D eigenvalue weighted by atomic mass is 32.1. The molecule has 0 radical (unpaired) electrons. The molecule has 0 aromatic heterocycles. The van der Waals surface area contributed by atoms with Gasteiger partial charge in [-0.1, -0.05) is 30.8 Å². The average Bonchev–Trinajstić information content (AvgIpc) is 2.64. The number of ketones is 1. The Bertz CT molecular complexity index is 1070. The zero-order chi connectivity index (χ0) is 18.4. The topological polar surface area (TPSA) is 81.1 Å². The van der Waals surface area contributed by atoms with Crippen molar-refractivity contribution in [2.75, 3.05) is 16.8 Å². The van der Waals surface area contributed by atoms with E-state index in [0.717, 1.165) is 16.8 Å². The Morgan fingerprint density at radius 1 is 0.923 bits per heavy atom. The van der Waals surface area contributed by atoms with E-state index in [1.165, 1.54) is 0 Å². The molecule has 3 aromatic carbocycles. The van der Waals surface area contributed by atoms with Crippen LogP contribution in [0.1, 0.15) is 27.0 Å². The molecule has 0 fully saturated rings. The van der Waals surface area contributed by atoms with Gasteiger partial charge >= 0.3 is 0 Å². The van der Waals surface area contributed by atoms with Crippen molar-refractivity contribution >= 4 is 46.7 Å². The minimum absolute atomic E-state index is 0.0824. The second kappa shape index (κ2) is 5.97. The summed E-state index contributed by atoms with van der Waals surface area (Å²) in [6, 6.07) is 16.5. The largest absolute Gasteiger partial charge is 0.399 e. The van der Waals surface area contributed by atoms with Crippen molar-refractivity contribution in [1.29, 1.82) is 0 Å². The molecule has 0 amide bonds. The molecule has 4 nitrogen and oxygen atoms in total. The molecule has 0 aliphatic heterocycles. The fraction of sp³-hybridized carbons (Fsp3) is 0. The van der Waals surface area contributed by atoms with Crippen molar-refractivity contribution in [2.45, 2.75) is 4.90 Å². The summed E-state index contributed by atoms with van der Waals surface area (Å²) in [5, 5.41) is 3.29. The average molecular weight is 359 g/mol. The third-order valence-electron chi connectivity index (χ3n) is 4.56. The van der Waals surface area contributed by atoms with Gasteiger partial charge in [0.2, 0.25) is 0 Å². The molecule has 5 N–H and O–H groups in total. The van der Waals surface area contributed by atoms with Gasteiger partial charge in [0.1, 0.15) is 0 Å². The van der Waals surface area contributed by atoms with Crippen LogP contribution in [0.25, 0.3) is 5.57 Å². The Morgan fingerprint density at radius 3 is 2.27 bits per heavy atom. The highest BCUT2D eigenvalue weighted by Gasteiger charge is 2.31. The van der Waals surface area contributed by atoms with Crippen molar-refractivity contribution in [3.8, 4) is 0 Å². The van der Waals surface area contributed by atoms with Crippen LogP contribution in [0.15, 0.2) is 66.1 Å². The molecule has 0 heterocycles. The highest BCUT2D eigenvalue weighted by Crippen LogP contribution is 2.44. The summed E-state index contributed by atoms with van der Waals surface area (Å²) in [6.45, 7) is 4.18. The number of rotatable bonds is 2. The second-order valence-electron chi connectivity index (χ2n) is 6.21. The molecule has 1 aliphatic rings. The Morgan fingerprint density at radius 2 is 1.58 bits per heavy atom. The van der Waals surface area contributed by atoms with E-state index in [1.54, 1.807) is 18.2 Å². The third-order valence-corrected chi connectivity index (χ3v) is 4.93. The number of nitrogens with one attached hydrogen (secondary N) is 1. The van der Waals surface area contributed by atoms with E-state index in [4.69, 9.17) is 11.5 Å². The molecule has 1 aliphatic carbocycles. The quantitative estimate of drug-likeness (QED) is 0.314. The van der Waals surface area contributed by atoms with Crippen molar-refractivity contribution in [3.63, 3.8) is 0 Å². The van der Waals surface area contributed by atoms with E-state index in [2.05, 4.69) is 24.5 Å². The molecule has 26 heavy (non-hydrogen) atoms. The van der Waals surface area contributed by atoms with E-state index in [9.17, 15) is 4.79 Å². The molecule has 0 bridgehead atoms. The maximum Gasteiger partial charge on any atom is 0.196 e. The van der Waals surface area contributed by atoms with Crippen molar-refractivity contribution in [3.05, 3.63) is 83.4 Å². The number of carbonyl (C=O) groups excluding carboxylic acids is 1. The number of thiol groups is 1. The summed E-state index contributed by atoms with van der Waals surface area (Å²) in [4.78, 5) is 13.8. The van der Waals surface area contributed by atoms with Gasteiger partial charge in [0.25, 0.3) is 0 Å². The lowest BCUT2D eigenvalue weighted by Gasteiger charge is -2.26. The molecule has 0 atom stereocenters. The molecule has 3 aromatic rings. The van der Waals surface area contributed by atoms with Crippen LogP contribution in [0.5, 0.6) is 0 Å². The van der Waals surface area contributed by atoms with Crippen LogP contribution in [-0.2, 0) is 0 Å². The normalized spacial score (nSPS) is 12.5. The first-order chi connectivity index (χ1) is 12.5. The molecule has 5 heteroatoms. The van der Waals surface area contributed by atoms with Gasteiger partial charge in [0, 0.05) is 27.4 Å². The fourth-order valence-electron chi connectivity index (χ4n) is 3.27. The number of nitrogen functional groups attached to an aromatic ring is 2. The number of nitrogens with two attached hydrogens (primary N) is 2. The molecule has 0 spiro atoms. The summed E-state index contributed by atoms with van der Waals surface area (Å²) >= 11 is 4.49. The number of hydrogen-bond donors (Lipinski definition) is 4. The van der Waals surface area contributed by atoms with E-state index >= 15 is 0 Å². The SMILES string of the molecule is C=C1c2ccccc2C(=O)c2c(Nc3ccc(N)cc3)cc(S)c(N)c21. The lowest BCUT2D eigenvalue weighted by atomic mass is 9.80. The minimum atomic E-state index is -0.0824. The zero-order valence-electron chi connectivity index (χ0n) is 13.9. The molecule has 128 valence electrons. The molecule has 0 saturated carbocycles. The van der Waals surface area contributed by atoms with Gasteiger partial charge < -0.3 is 16.8 Å². The molecular weight excluding hydrogens is 342 g/mol. The Hall–Kier alpha value is -3.18. The predicted octanol–water partition coefficient (Wildman–Crippen LogP) is 4.49. The van der Waals surface area contributed by atoms with Crippen LogP contribution in [0.2, 0.25) is 0 Å². The van der Waals surface area contributed by atoms with Crippen molar-refractivity contribution in [2.24, 2.45) is 0 Å². The zero-order valence-corrected chi connectivity index (χ0v) is 14.8. The number of fused-ring (bicyclic) bond motifs is 2. The first-order valence-electron chi connectivity index (χ1n) is 8.08. The maximum absolute atomic E-state index is 13.2. The summed E-state index contributed by atoms with van der Waals surface area (Å²) in [7, 11) is 0. The minimum Gasteiger partial charge on any atom is -0.399 e. The third kappa shape index (κ3) is 2.45. The molecule has 4 rings (SSSR count). The van der Waals surface area contributed by atoms with Crippen molar-refractivity contribution in [1.82, 2.24) is 0 Å². The number of carbonyl (C=O) groups is 1.